The van der Waals surface area contributed by atoms with Crippen LogP contribution in [0, 0.1) is 0 Å². The van der Waals surface area contributed by atoms with Gasteiger partial charge in [-0.25, -0.2) is 4.98 Å². The van der Waals surface area contributed by atoms with Gasteiger partial charge < -0.3 is 9.84 Å². The van der Waals surface area contributed by atoms with Gasteiger partial charge in [-0.3, -0.25) is 4.79 Å². The van der Waals surface area contributed by atoms with Crippen LogP contribution in [0.4, 0.5) is 0 Å². The quantitative estimate of drug-likeness (QED) is 0.853. The van der Waals surface area contributed by atoms with Crippen molar-refractivity contribution >= 4 is 17.7 Å². The van der Waals surface area contributed by atoms with Crippen molar-refractivity contribution in [1.82, 2.24) is 20.4 Å². The molecular formula is C14H16N4O2S. The van der Waals surface area contributed by atoms with E-state index in [9.17, 15) is 4.79 Å². The van der Waals surface area contributed by atoms with Crippen LogP contribution in [0.15, 0.2) is 27.9 Å². The van der Waals surface area contributed by atoms with Crippen molar-refractivity contribution in [1.29, 1.82) is 0 Å². The molecule has 0 radical (unpaired) electrons. The van der Waals surface area contributed by atoms with E-state index in [2.05, 4.69) is 20.4 Å². The van der Waals surface area contributed by atoms with Crippen LogP contribution in [0.25, 0.3) is 11.4 Å². The second kappa shape index (κ2) is 6.26. The second-order valence-corrected chi connectivity index (χ2v) is 5.87. The maximum atomic E-state index is 11.4. The minimum absolute atomic E-state index is 0.0418. The van der Waals surface area contributed by atoms with Gasteiger partial charge in [0.05, 0.1) is 11.3 Å². The predicted molar refractivity (Wildman–Crippen MR) is 78.9 cm³/mol. The number of nitrogens with one attached hydrogen (secondary N) is 1. The van der Waals surface area contributed by atoms with E-state index in [0.717, 1.165) is 23.4 Å². The highest BCUT2D eigenvalue weighted by Crippen LogP contribution is 2.36. The van der Waals surface area contributed by atoms with E-state index in [4.69, 9.17) is 4.52 Å². The molecule has 110 valence electrons. The Morgan fingerprint density at radius 1 is 1.52 bits per heavy atom. The molecule has 1 N–H and O–H groups in total. The zero-order valence-corrected chi connectivity index (χ0v) is 12.5. The minimum Gasteiger partial charge on any atom is -0.358 e. The van der Waals surface area contributed by atoms with Crippen LogP contribution in [0.2, 0.25) is 0 Å². The molecule has 0 aromatic carbocycles. The monoisotopic (exact) mass is 304 g/mol. The zero-order valence-electron chi connectivity index (χ0n) is 11.7. The summed E-state index contributed by atoms with van der Waals surface area (Å²) in [6.07, 6.45) is 5.16. The Balaban J connectivity index is 1.80. The fraction of sp³-hybridized carbons (Fsp3) is 0.429. The predicted octanol–water partition coefficient (Wildman–Crippen LogP) is 2.24. The Hall–Kier alpha value is -1.89. The van der Waals surface area contributed by atoms with Crippen LogP contribution in [-0.4, -0.2) is 33.8 Å². The lowest BCUT2D eigenvalue weighted by molar-refractivity contribution is -0.118. The first-order valence-corrected chi connectivity index (χ1v) is 7.89. The summed E-state index contributed by atoms with van der Waals surface area (Å²) in [6.45, 7) is 0. The number of carbonyl (C=O) groups excluding carboxylic acids is 1. The fourth-order valence-electron chi connectivity index (χ4n) is 2.05. The number of nitrogens with zero attached hydrogens (tertiary/aromatic N) is 3. The molecule has 2 aromatic heterocycles. The summed E-state index contributed by atoms with van der Waals surface area (Å²) in [5.41, 5.74) is 0.806. The molecule has 2 aromatic rings. The van der Waals surface area contributed by atoms with Crippen molar-refractivity contribution in [2.24, 2.45) is 0 Å². The molecular weight excluding hydrogens is 288 g/mol. The van der Waals surface area contributed by atoms with E-state index in [1.807, 2.05) is 12.1 Å². The molecule has 0 bridgehead atoms. The molecule has 0 saturated heterocycles. The number of amides is 1. The standard InChI is InChI=1S/C14H16N4O2S/c1-15-11(19)8-21-14-10(6-3-7-16-14)12-17-13(20-18-12)9-4-2-5-9/h3,6-7,9H,2,4-5,8H2,1H3,(H,15,19). The van der Waals surface area contributed by atoms with E-state index in [-0.39, 0.29) is 5.91 Å². The number of rotatable bonds is 5. The van der Waals surface area contributed by atoms with E-state index in [1.165, 1.54) is 18.2 Å². The molecule has 21 heavy (non-hydrogen) atoms. The van der Waals surface area contributed by atoms with Crippen LogP contribution < -0.4 is 5.32 Å². The molecule has 0 aliphatic heterocycles. The van der Waals surface area contributed by atoms with Crippen LogP contribution in [0.5, 0.6) is 0 Å². The van der Waals surface area contributed by atoms with Crippen molar-refractivity contribution in [3.63, 3.8) is 0 Å². The summed E-state index contributed by atoms with van der Waals surface area (Å²) >= 11 is 1.37. The van der Waals surface area contributed by atoms with Gasteiger partial charge in [-0.2, -0.15) is 4.98 Å². The van der Waals surface area contributed by atoms with Crippen molar-refractivity contribution in [2.75, 3.05) is 12.8 Å². The maximum absolute atomic E-state index is 11.4. The molecule has 1 amide bonds. The van der Waals surface area contributed by atoms with Crippen molar-refractivity contribution in [3.05, 3.63) is 24.2 Å². The van der Waals surface area contributed by atoms with Gasteiger partial charge in [-0.05, 0) is 25.0 Å². The molecule has 1 aliphatic rings. The summed E-state index contributed by atoms with van der Waals surface area (Å²) in [6, 6.07) is 3.73. The highest BCUT2D eigenvalue weighted by molar-refractivity contribution is 8.00. The summed E-state index contributed by atoms with van der Waals surface area (Å²) in [5, 5.41) is 7.39. The first-order valence-electron chi connectivity index (χ1n) is 6.90. The Kier molecular flexibility index (Phi) is 4.19. The Bertz CT molecular complexity index is 639. The molecule has 0 atom stereocenters. The number of pyridine rings is 1. The summed E-state index contributed by atoms with van der Waals surface area (Å²) in [5.74, 6) is 1.94. The average Bonchev–Trinajstić information content (AvgIpc) is 2.92. The molecule has 1 fully saturated rings. The fourth-order valence-corrected chi connectivity index (χ4v) is 2.91. The Morgan fingerprint density at radius 2 is 2.38 bits per heavy atom. The summed E-state index contributed by atoms with van der Waals surface area (Å²) in [4.78, 5) is 20.2. The molecule has 1 saturated carbocycles. The highest BCUT2D eigenvalue weighted by Gasteiger charge is 2.26. The van der Waals surface area contributed by atoms with Gasteiger partial charge in [-0.15, -0.1) is 0 Å². The number of thioether (sulfide) groups is 1. The lowest BCUT2D eigenvalue weighted by Gasteiger charge is -2.20. The number of hydrogen-bond acceptors (Lipinski definition) is 6. The first kappa shape index (κ1) is 14.1. The number of aromatic nitrogens is 3. The second-order valence-electron chi connectivity index (χ2n) is 4.90. The van der Waals surface area contributed by atoms with Gasteiger partial charge in [0.1, 0.15) is 5.03 Å². The van der Waals surface area contributed by atoms with E-state index in [1.54, 1.807) is 13.2 Å². The molecule has 3 rings (SSSR count). The van der Waals surface area contributed by atoms with Crippen LogP contribution in [0.3, 0.4) is 0 Å². The largest absolute Gasteiger partial charge is 0.358 e. The Labute approximate surface area is 126 Å². The van der Waals surface area contributed by atoms with Gasteiger partial charge in [0, 0.05) is 19.2 Å². The van der Waals surface area contributed by atoms with Gasteiger partial charge in [0.2, 0.25) is 17.6 Å². The maximum Gasteiger partial charge on any atom is 0.230 e. The third-order valence-corrected chi connectivity index (χ3v) is 4.53. The molecule has 7 heteroatoms. The van der Waals surface area contributed by atoms with Gasteiger partial charge >= 0.3 is 0 Å². The normalized spacial score (nSPS) is 14.7. The first-order chi connectivity index (χ1) is 10.3. The zero-order chi connectivity index (χ0) is 14.7. The van der Waals surface area contributed by atoms with Crippen molar-refractivity contribution < 1.29 is 9.32 Å². The minimum atomic E-state index is -0.0418. The molecule has 0 unspecified atom stereocenters. The van der Waals surface area contributed by atoms with Crippen LogP contribution >= 0.6 is 11.8 Å². The van der Waals surface area contributed by atoms with Crippen molar-refractivity contribution in [2.45, 2.75) is 30.2 Å². The molecule has 6 nitrogen and oxygen atoms in total. The highest BCUT2D eigenvalue weighted by atomic mass is 32.2. The van der Waals surface area contributed by atoms with E-state index in [0.29, 0.717) is 23.4 Å². The number of carbonyl (C=O) groups is 1. The molecule has 2 heterocycles. The summed E-state index contributed by atoms with van der Waals surface area (Å²) in [7, 11) is 1.62. The third kappa shape index (κ3) is 3.07. The summed E-state index contributed by atoms with van der Waals surface area (Å²) < 4.78 is 5.35. The lowest BCUT2D eigenvalue weighted by atomic mass is 9.85. The average molecular weight is 304 g/mol. The third-order valence-electron chi connectivity index (χ3n) is 3.53. The SMILES string of the molecule is CNC(=O)CSc1ncccc1-c1noc(C2CCC2)n1. The van der Waals surface area contributed by atoms with Gasteiger partial charge in [-0.1, -0.05) is 23.3 Å². The smallest absolute Gasteiger partial charge is 0.230 e. The molecule has 0 spiro atoms. The number of hydrogen-bond donors (Lipinski definition) is 1. The lowest BCUT2D eigenvalue weighted by Crippen LogP contribution is -2.19. The van der Waals surface area contributed by atoms with Gasteiger partial charge in [0.15, 0.2) is 0 Å². The van der Waals surface area contributed by atoms with Crippen molar-refractivity contribution in [3.8, 4) is 11.4 Å². The Morgan fingerprint density at radius 3 is 3.10 bits per heavy atom. The topological polar surface area (TPSA) is 80.9 Å². The van der Waals surface area contributed by atoms with Crippen LogP contribution in [0.1, 0.15) is 31.1 Å². The van der Waals surface area contributed by atoms with Gasteiger partial charge in [0.25, 0.3) is 0 Å². The van der Waals surface area contributed by atoms with E-state index < -0.39 is 0 Å². The molecule has 1 aliphatic carbocycles. The van der Waals surface area contributed by atoms with Crippen LogP contribution in [-0.2, 0) is 4.79 Å². The van der Waals surface area contributed by atoms with E-state index >= 15 is 0 Å².